The zero-order valence-electron chi connectivity index (χ0n) is 17.5. The van der Waals surface area contributed by atoms with Gasteiger partial charge in [-0.05, 0) is 30.3 Å². The fourth-order valence-electron chi connectivity index (χ4n) is 3.25. The van der Waals surface area contributed by atoms with Gasteiger partial charge < -0.3 is 25.6 Å². The summed E-state index contributed by atoms with van der Waals surface area (Å²) in [5, 5.41) is 8.54. The van der Waals surface area contributed by atoms with E-state index < -0.39 is 0 Å². The van der Waals surface area contributed by atoms with Crippen LogP contribution in [0.2, 0.25) is 0 Å². The second-order valence-electron chi connectivity index (χ2n) is 7.28. The SMILES string of the molecule is CN(C)c1ccc(NC(=O)Nc2ccccc2)cc1C(=O)NCCN1CCOCC1. The van der Waals surface area contributed by atoms with E-state index in [9.17, 15) is 9.59 Å². The first-order valence-corrected chi connectivity index (χ1v) is 10.1. The minimum Gasteiger partial charge on any atom is -0.379 e. The number of anilines is 3. The van der Waals surface area contributed by atoms with Gasteiger partial charge in [0.2, 0.25) is 0 Å². The van der Waals surface area contributed by atoms with E-state index in [-0.39, 0.29) is 11.9 Å². The van der Waals surface area contributed by atoms with E-state index >= 15 is 0 Å². The summed E-state index contributed by atoms with van der Waals surface area (Å²) in [6, 6.07) is 14.1. The first-order chi connectivity index (χ1) is 14.5. The summed E-state index contributed by atoms with van der Waals surface area (Å²) >= 11 is 0. The molecule has 0 aliphatic carbocycles. The molecule has 1 aliphatic rings. The Morgan fingerprint density at radius 3 is 2.40 bits per heavy atom. The van der Waals surface area contributed by atoms with E-state index in [1.807, 2.05) is 55.4 Å². The van der Waals surface area contributed by atoms with E-state index in [0.717, 1.165) is 38.5 Å². The van der Waals surface area contributed by atoms with Crippen LogP contribution in [-0.2, 0) is 4.74 Å². The van der Waals surface area contributed by atoms with Crippen LogP contribution in [0.4, 0.5) is 21.9 Å². The summed E-state index contributed by atoms with van der Waals surface area (Å²) in [7, 11) is 3.77. The van der Waals surface area contributed by atoms with Crippen molar-refractivity contribution < 1.29 is 14.3 Å². The Morgan fingerprint density at radius 2 is 1.70 bits per heavy atom. The molecule has 0 saturated carbocycles. The van der Waals surface area contributed by atoms with Crippen LogP contribution in [0.15, 0.2) is 48.5 Å². The summed E-state index contributed by atoms with van der Waals surface area (Å²) in [5.74, 6) is -0.168. The van der Waals surface area contributed by atoms with Crippen LogP contribution in [-0.4, -0.2) is 70.3 Å². The number of benzene rings is 2. The maximum atomic E-state index is 12.8. The number of rotatable bonds is 7. The van der Waals surface area contributed by atoms with E-state index in [0.29, 0.717) is 23.5 Å². The molecule has 2 aromatic carbocycles. The largest absolute Gasteiger partial charge is 0.379 e. The van der Waals surface area contributed by atoms with Gasteiger partial charge in [0, 0.05) is 57.3 Å². The third-order valence-corrected chi connectivity index (χ3v) is 4.83. The Bertz CT molecular complexity index is 851. The van der Waals surface area contributed by atoms with Gasteiger partial charge in [0.15, 0.2) is 0 Å². The van der Waals surface area contributed by atoms with Gasteiger partial charge in [-0.1, -0.05) is 18.2 Å². The van der Waals surface area contributed by atoms with Crippen molar-refractivity contribution in [2.24, 2.45) is 0 Å². The molecule has 3 N–H and O–H groups in total. The average Bonchev–Trinajstić information content (AvgIpc) is 2.75. The summed E-state index contributed by atoms with van der Waals surface area (Å²) in [4.78, 5) is 29.3. The van der Waals surface area contributed by atoms with Crippen molar-refractivity contribution in [2.75, 3.05) is 69.0 Å². The van der Waals surface area contributed by atoms with Gasteiger partial charge in [0.25, 0.3) is 5.91 Å². The van der Waals surface area contributed by atoms with Gasteiger partial charge in [-0.2, -0.15) is 0 Å². The van der Waals surface area contributed by atoms with Crippen molar-refractivity contribution in [2.45, 2.75) is 0 Å². The first kappa shape index (κ1) is 21.6. The number of hydrogen-bond acceptors (Lipinski definition) is 5. The molecule has 1 aliphatic heterocycles. The number of nitrogens with zero attached hydrogens (tertiary/aromatic N) is 2. The molecular weight excluding hydrogens is 382 g/mol. The van der Waals surface area contributed by atoms with Crippen molar-refractivity contribution >= 4 is 29.0 Å². The minimum absolute atomic E-state index is 0.168. The van der Waals surface area contributed by atoms with Crippen molar-refractivity contribution in [1.29, 1.82) is 0 Å². The number of nitrogens with one attached hydrogen (secondary N) is 3. The van der Waals surface area contributed by atoms with Crippen LogP contribution < -0.4 is 20.9 Å². The number of ether oxygens (including phenoxy) is 1. The highest BCUT2D eigenvalue weighted by Gasteiger charge is 2.16. The number of morpholine rings is 1. The van der Waals surface area contributed by atoms with Gasteiger partial charge in [-0.25, -0.2) is 4.79 Å². The van der Waals surface area contributed by atoms with Gasteiger partial charge in [-0.15, -0.1) is 0 Å². The number of hydrogen-bond donors (Lipinski definition) is 3. The maximum absolute atomic E-state index is 12.8. The summed E-state index contributed by atoms with van der Waals surface area (Å²) < 4.78 is 5.35. The van der Waals surface area contributed by atoms with Crippen molar-refractivity contribution in [3.63, 3.8) is 0 Å². The van der Waals surface area contributed by atoms with Crippen LogP contribution >= 0.6 is 0 Å². The molecular formula is C22H29N5O3. The zero-order chi connectivity index (χ0) is 21.3. The molecule has 0 spiro atoms. The molecule has 3 rings (SSSR count). The molecule has 3 amide bonds. The molecule has 0 unspecified atom stereocenters. The normalized spacial score (nSPS) is 14.1. The number of amides is 3. The Balaban J connectivity index is 1.62. The monoisotopic (exact) mass is 411 g/mol. The molecule has 1 fully saturated rings. The van der Waals surface area contributed by atoms with E-state index in [2.05, 4.69) is 20.9 Å². The minimum atomic E-state index is -0.363. The molecule has 0 aromatic heterocycles. The van der Waals surface area contributed by atoms with E-state index in [1.165, 1.54) is 0 Å². The molecule has 8 heteroatoms. The van der Waals surface area contributed by atoms with Crippen LogP contribution in [0.25, 0.3) is 0 Å². The van der Waals surface area contributed by atoms with Crippen LogP contribution in [0.1, 0.15) is 10.4 Å². The van der Waals surface area contributed by atoms with Crippen molar-refractivity contribution in [3.8, 4) is 0 Å². The molecule has 0 atom stereocenters. The fourth-order valence-corrected chi connectivity index (χ4v) is 3.25. The lowest BCUT2D eigenvalue weighted by atomic mass is 10.1. The van der Waals surface area contributed by atoms with Crippen LogP contribution in [0.3, 0.4) is 0 Å². The quantitative estimate of drug-likeness (QED) is 0.652. The highest BCUT2D eigenvalue weighted by atomic mass is 16.5. The summed E-state index contributed by atoms with van der Waals surface area (Å²) in [6.07, 6.45) is 0. The Hall–Kier alpha value is -3.10. The molecule has 8 nitrogen and oxygen atoms in total. The second kappa shape index (κ2) is 10.6. The third kappa shape index (κ3) is 6.20. The van der Waals surface area contributed by atoms with Gasteiger partial charge in [0.1, 0.15) is 0 Å². The van der Waals surface area contributed by atoms with Gasteiger partial charge in [-0.3, -0.25) is 9.69 Å². The molecule has 1 heterocycles. The molecule has 1 saturated heterocycles. The van der Waals surface area contributed by atoms with E-state index in [1.54, 1.807) is 12.1 Å². The Kier molecular flexibility index (Phi) is 7.64. The maximum Gasteiger partial charge on any atom is 0.323 e. The molecule has 0 bridgehead atoms. The first-order valence-electron chi connectivity index (χ1n) is 10.1. The van der Waals surface area contributed by atoms with Crippen LogP contribution in [0, 0.1) is 0 Å². The highest BCUT2D eigenvalue weighted by Crippen LogP contribution is 2.23. The number of carbonyl (C=O) groups excluding carboxylic acids is 2. The van der Waals surface area contributed by atoms with Crippen molar-refractivity contribution in [1.82, 2.24) is 10.2 Å². The molecule has 0 radical (unpaired) electrons. The Labute approximate surface area is 177 Å². The van der Waals surface area contributed by atoms with Crippen LogP contribution in [0.5, 0.6) is 0 Å². The topological polar surface area (TPSA) is 85.9 Å². The lowest BCUT2D eigenvalue weighted by molar-refractivity contribution is 0.0383. The fraction of sp³-hybridized carbons (Fsp3) is 0.364. The van der Waals surface area contributed by atoms with E-state index in [4.69, 9.17) is 4.74 Å². The zero-order valence-corrected chi connectivity index (χ0v) is 17.5. The number of para-hydroxylation sites is 1. The second-order valence-corrected chi connectivity index (χ2v) is 7.28. The molecule has 160 valence electrons. The lowest BCUT2D eigenvalue weighted by Crippen LogP contribution is -2.41. The smallest absolute Gasteiger partial charge is 0.323 e. The molecule has 30 heavy (non-hydrogen) atoms. The Morgan fingerprint density at radius 1 is 1.00 bits per heavy atom. The predicted octanol–water partition coefficient (Wildman–Crippen LogP) is 2.46. The predicted molar refractivity (Wildman–Crippen MR) is 119 cm³/mol. The van der Waals surface area contributed by atoms with Gasteiger partial charge >= 0.3 is 6.03 Å². The summed E-state index contributed by atoms with van der Waals surface area (Å²) in [6.45, 7) is 4.57. The van der Waals surface area contributed by atoms with Gasteiger partial charge in [0.05, 0.1) is 18.8 Å². The average molecular weight is 412 g/mol. The molecule has 2 aromatic rings. The van der Waals surface area contributed by atoms with Crippen molar-refractivity contribution in [3.05, 3.63) is 54.1 Å². The summed E-state index contributed by atoms with van der Waals surface area (Å²) in [5.41, 5.74) is 2.54. The lowest BCUT2D eigenvalue weighted by Gasteiger charge is -2.26. The standard InChI is InChI=1S/C22H29N5O3/c1-26(2)20-9-8-18(25-22(29)24-17-6-4-3-5-7-17)16-19(20)21(28)23-10-11-27-12-14-30-15-13-27/h3-9,16H,10-15H2,1-2H3,(H,23,28)(H2,24,25,29). The third-order valence-electron chi connectivity index (χ3n) is 4.83. The number of urea groups is 1. The highest BCUT2D eigenvalue weighted by molar-refractivity contribution is 6.03. The number of carbonyl (C=O) groups is 2.